The molecule has 0 spiro atoms. The lowest BCUT2D eigenvalue weighted by Crippen LogP contribution is -2.41. The fourth-order valence-electron chi connectivity index (χ4n) is 1.38. The van der Waals surface area contributed by atoms with E-state index in [4.69, 9.17) is 9.84 Å². The van der Waals surface area contributed by atoms with Crippen LogP contribution in [0.4, 0.5) is 0 Å². The minimum Gasteiger partial charge on any atom is -0.480 e. The summed E-state index contributed by atoms with van der Waals surface area (Å²) >= 11 is 0. The molecule has 0 radical (unpaired) electrons. The molecular formula is C10H17N3O3. The molecule has 0 saturated carbocycles. The van der Waals surface area contributed by atoms with E-state index in [1.54, 1.807) is 6.20 Å². The number of aryl methyl sites for hydroxylation is 1. The molecule has 0 fully saturated rings. The molecule has 0 bridgehead atoms. The molecule has 0 aromatic carbocycles. The molecule has 1 unspecified atom stereocenters. The van der Waals surface area contributed by atoms with Crippen LogP contribution in [0.25, 0.3) is 0 Å². The maximum absolute atomic E-state index is 10.8. The molecule has 0 amide bonds. The van der Waals surface area contributed by atoms with Gasteiger partial charge in [0.1, 0.15) is 11.9 Å². The van der Waals surface area contributed by atoms with Gasteiger partial charge in [-0.15, -0.1) is 0 Å². The van der Waals surface area contributed by atoms with Gasteiger partial charge in [0.05, 0.1) is 6.61 Å². The van der Waals surface area contributed by atoms with E-state index >= 15 is 0 Å². The number of nitrogens with zero attached hydrogens (tertiary/aromatic N) is 2. The number of carboxylic acid groups (broad SMARTS) is 1. The van der Waals surface area contributed by atoms with Crippen LogP contribution in [-0.4, -0.2) is 46.9 Å². The molecule has 6 nitrogen and oxygen atoms in total. The number of carboxylic acids is 1. The van der Waals surface area contributed by atoms with Gasteiger partial charge in [0, 0.05) is 39.5 Å². The second kappa shape index (κ2) is 6.24. The molecule has 1 heterocycles. The van der Waals surface area contributed by atoms with E-state index in [2.05, 4.69) is 10.3 Å². The fraction of sp³-hybridized carbons (Fsp3) is 0.600. The molecule has 0 aliphatic heterocycles. The third-order valence-corrected chi connectivity index (χ3v) is 2.29. The van der Waals surface area contributed by atoms with Crippen molar-refractivity contribution in [3.8, 4) is 0 Å². The summed E-state index contributed by atoms with van der Waals surface area (Å²) in [4.78, 5) is 14.9. The van der Waals surface area contributed by atoms with Crippen LogP contribution in [0.1, 0.15) is 5.82 Å². The molecular weight excluding hydrogens is 210 g/mol. The number of ether oxygens (including phenoxy) is 1. The van der Waals surface area contributed by atoms with Crippen molar-refractivity contribution in [1.29, 1.82) is 0 Å². The first kappa shape index (κ1) is 12.7. The Balaban J connectivity index is 2.33. The normalized spacial score (nSPS) is 12.6. The minimum absolute atomic E-state index is 0.163. The van der Waals surface area contributed by atoms with Crippen LogP contribution in [-0.2, 0) is 23.0 Å². The van der Waals surface area contributed by atoms with E-state index in [0.717, 1.165) is 5.82 Å². The standard InChI is InChI=1S/C10H17N3O3/c1-13-6-5-12-9(13)3-4-11-8(7-16-2)10(14)15/h5-6,8,11H,3-4,7H2,1-2H3,(H,14,15). The Hall–Kier alpha value is -1.40. The summed E-state index contributed by atoms with van der Waals surface area (Å²) in [5.74, 6) is 0.0238. The zero-order chi connectivity index (χ0) is 12.0. The molecule has 0 saturated heterocycles. The Morgan fingerprint density at radius 3 is 3.00 bits per heavy atom. The summed E-state index contributed by atoms with van der Waals surface area (Å²) in [6.07, 6.45) is 4.27. The first-order valence-corrected chi connectivity index (χ1v) is 5.06. The van der Waals surface area contributed by atoms with Crippen molar-refractivity contribution in [2.75, 3.05) is 20.3 Å². The van der Waals surface area contributed by atoms with Gasteiger partial charge in [0.25, 0.3) is 0 Å². The number of hydrogen-bond acceptors (Lipinski definition) is 4. The number of methoxy groups -OCH3 is 1. The smallest absolute Gasteiger partial charge is 0.323 e. The van der Waals surface area contributed by atoms with E-state index < -0.39 is 12.0 Å². The summed E-state index contributed by atoms with van der Waals surface area (Å²) in [6, 6.07) is -0.662. The van der Waals surface area contributed by atoms with Crippen molar-refractivity contribution in [2.24, 2.45) is 7.05 Å². The zero-order valence-electron chi connectivity index (χ0n) is 9.51. The van der Waals surface area contributed by atoms with E-state index in [0.29, 0.717) is 13.0 Å². The van der Waals surface area contributed by atoms with Gasteiger partial charge in [-0.25, -0.2) is 4.98 Å². The van der Waals surface area contributed by atoms with Crippen LogP contribution in [0.3, 0.4) is 0 Å². The van der Waals surface area contributed by atoms with Gasteiger partial charge in [-0.3, -0.25) is 4.79 Å². The van der Waals surface area contributed by atoms with Crippen LogP contribution in [0.15, 0.2) is 12.4 Å². The minimum atomic E-state index is -0.901. The maximum Gasteiger partial charge on any atom is 0.323 e. The Morgan fingerprint density at radius 1 is 1.75 bits per heavy atom. The molecule has 1 rings (SSSR count). The van der Waals surface area contributed by atoms with Crippen LogP contribution in [0.2, 0.25) is 0 Å². The van der Waals surface area contributed by atoms with Gasteiger partial charge in [-0.05, 0) is 0 Å². The topological polar surface area (TPSA) is 76.4 Å². The predicted octanol–water partition coefficient (Wildman–Crippen LogP) is -0.348. The second-order valence-corrected chi connectivity index (χ2v) is 3.50. The van der Waals surface area contributed by atoms with Crippen molar-refractivity contribution < 1.29 is 14.6 Å². The van der Waals surface area contributed by atoms with Gasteiger partial charge in [-0.2, -0.15) is 0 Å². The Kier molecular flexibility index (Phi) is 4.94. The van der Waals surface area contributed by atoms with Crippen molar-refractivity contribution in [2.45, 2.75) is 12.5 Å². The number of aliphatic carboxylic acids is 1. The molecule has 0 aliphatic rings. The molecule has 1 aromatic rings. The van der Waals surface area contributed by atoms with Crippen molar-refractivity contribution in [1.82, 2.24) is 14.9 Å². The van der Waals surface area contributed by atoms with E-state index in [-0.39, 0.29) is 6.61 Å². The number of hydrogen-bond donors (Lipinski definition) is 2. The fourth-order valence-corrected chi connectivity index (χ4v) is 1.38. The molecule has 16 heavy (non-hydrogen) atoms. The van der Waals surface area contributed by atoms with Gasteiger partial charge >= 0.3 is 5.97 Å². The lowest BCUT2D eigenvalue weighted by atomic mass is 10.3. The summed E-state index contributed by atoms with van der Waals surface area (Å²) < 4.78 is 6.72. The third-order valence-electron chi connectivity index (χ3n) is 2.29. The molecule has 2 N–H and O–H groups in total. The SMILES string of the molecule is COCC(NCCc1nccn1C)C(=O)O. The number of rotatable bonds is 7. The van der Waals surface area contributed by atoms with Crippen molar-refractivity contribution >= 4 is 5.97 Å². The van der Waals surface area contributed by atoms with Gasteiger partial charge in [0.2, 0.25) is 0 Å². The first-order chi connectivity index (χ1) is 7.65. The average Bonchev–Trinajstić information content (AvgIpc) is 2.63. The zero-order valence-corrected chi connectivity index (χ0v) is 9.51. The predicted molar refractivity (Wildman–Crippen MR) is 58.2 cm³/mol. The van der Waals surface area contributed by atoms with Crippen molar-refractivity contribution in [3.63, 3.8) is 0 Å². The highest BCUT2D eigenvalue weighted by atomic mass is 16.5. The van der Waals surface area contributed by atoms with Gasteiger partial charge in [0.15, 0.2) is 0 Å². The third kappa shape index (κ3) is 3.63. The van der Waals surface area contributed by atoms with E-state index in [1.165, 1.54) is 7.11 Å². The number of carbonyl (C=O) groups is 1. The Morgan fingerprint density at radius 2 is 2.50 bits per heavy atom. The largest absolute Gasteiger partial charge is 0.480 e. The molecule has 0 aliphatic carbocycles. The highest BCUT2D eigenvalue weighted by molar-refractivity contribution is 5.73. The Labute approximate surface area is 94.2 Å². The lowest BCUT2D eigenvalue weighted by Gasteiger charge is -2.12. The van der Waals surface area contributed by atoms with Crippen molar-refractivity contribution in [3.05, 3.63) is 18.2 Å². The number of nitrogens with one attached hydrogen (secondary N) is 1. The maximum atomic E-state index is 10.8. The number of imidazole rings is 1. The summed E-state index contributed by atoms with van der Waals surface area (Å²) in [5.41, 5.74) is 0. The average molecular weight is 227 g/mol. The van der Waals surface area contributed by atoms with Crippen LogP contribution in [0, 0.1) is 0 Å². The van der Waals surface area contributed by atoms with Gasteiger partial charge < -0.3 is 19.7 Å². The van der Waals surface area contributed by atoms with Crippen LogP contribution < -0.4 is 5.32 Å². The molecule has 90 valence electrons. The van der Waals surface area contributed by atoms with E-state index in [1.807, 2.05) is 17.8 Å². The quantitative estimate of drug-likeness (QED) is 0.666. The van der Waals surface area contributed by atoms with Crippen LogP contribution in [0.5, 0.6) is 0 Å². The van der Waals surface area contributed by atoms with Gasteiger partial charge in [-0.1, -0.05) is 0 Å². The molecule has 1 aromatic heterocycles. The van der Waals surface area contributed by atoms with Crippen LogP contribution >= 0.6 is 0 Å². The summed E-state index contributed by atoms with van der Waals surface area (Å²) in [5, 5.41) is 11.8. The number of aromatic nitrogens is 2. The highest BCUT2D eigenvalue weighted by Gasteiger charge is 2.15. The lowest BCUT2D eigenvalue weighted by molar-refractivity contribution is -0.140. The molecule has 1 atom stereocenters. The van der Waals surface area contributed by atoms with E-state index in [9.17, 15) is 4.79 Å². The monoisotopic (exact) mass is 227 g/mol. The highest BCUT2D eigenvalue weighted by Crippen LogP contribution is 1.95. The first-order valence-electron chi connectivity index (χ1n) is 5.06. The summed E-state index contributed by atoms with van der Waals surface area (Å²) in [6.45, 7) is 0.723. The summed E-state index contributed by atoms with van der Waals surface area (Å²) in [7, 11) is 3.39. The molecule has 6 heteroatoms. The second-order valence-electron chi connectivity index (χ2n) is 3.50. The Bertz CT molecular complexity index is 338.